The number of carbonyl (C=O) groups excluding carboxylic acids is 1. The summed E-state index contributed by atoms with van der Waals surface area (Å²) in [4.78, 5) is 11.9. The average molecular weight is 372 g/mol. The fourth-order valence-corrected chi connectivity index (χ4v) is 2.78. The van der Waals surface area contributed by atoms with E-state index in [1.54, 1.807) is 0 Å². The molecule has 1 heterocycles. The zero-order valence-corrected chi connectivity index (χ0v) is 14.3. The summed E-state index contributed by atoms with van der Waals surface area (Å²) in [5.74, 6) is -1.10. The molecule has 6 N–H and O–H groups in total. The number of aliphatic hydroxyl groups is 4. The number of aliphatic hydroxyl groups excluding tert-OH is 4. The summed E-state index contributed by atoms with van der Waals surface area (Å²) in [6, 6.07) is 2.24. The lowest BCUT2D eigenvalue weighted by Crippen LogP contribution is -2.60. The van der Waals surface area contributed by atoms with Crippen molar-refractivity contribution >= 4 is 5.78 Å². The van der Waals surface area contributed by atoms with Crippen molar-refractivity contribution in [1.29, 1.82) is 0 Å². The Morgan fingerprint density at radius 2 is 1.85 bits per heavy atom. The lowest BCUT2D eigenvalue weighted by atomic mass is 9.99. The third kappa shape index (κ3) is 4.43. The average Bonchev–Trinajstić information content (AvgIpc) is 2.58. The fourth-order valence-electron chi connectivity index (χ4n) is 2.78. The van der Waals surface area contributed by atoms with E-state index in [1.807, 2.05) is 6.92 Å². The third-order valence-corrected chi connectivity index (χ3v) is 4.13. The minimum atomic E-state index is -1.67. The molecule has 1 aliphatic rings. The van der Waals surface area contributed by atoms with E-state index in [2.05, 4.69) is 0 Å². The molecule has 1 aromatic carbocycles. The zero-order valence-electron chi connectivity index (χ0n) is 14.3. The van der Waals surface area contributed by atoms with Crippen molar-refractivity contribution < 1.29 is 44.9 Å². The maximum atomic E-state index is 11.9. The number of aromatic hydroxyl groups is 2. The molecule has 0 radical (unpaired) electrons. The quantitative estimate of drug-likeness (QED) is 0.360. The van der Waals surface area contributed by atoms with E-state index in [1.165, 1.54) is 6.07 Å². The summed E-state index contributed by atoms with van der Waals surface area (Å²) in [5.41, 5.74) is 0.179. The van der Waals surface area contributed by atoms with Crippen LogP contribution in [-0.2, 0) is 16.0 Å². The molecule has 1 aromatic rings. The van der Waals surface area contributed by atoms with Crippen molar-refractivity contribution in [2.75, 3.05) is 6.61 Å². The Morgan fingerprint density at radius 1 is 1.15 bits per heavy atom. The van der Waals surface area contributed by atoms with E-state index in [0.29, 0.717) is 12.8 Å². The third-order valence-electron chi connectivity index (χ3n) is 4.13. The topological polar surface area (TPSA) is 157 Å². The van der Waals surface area contributed by atoms with Crippen LogP contribution in [0.1, 0.15) is 25.3 Å². The highest BCUT2D eigenvalue weighted by Gasteiger charge is 2.45. The van der Waals surface area contributed by atoms with E-state index in [0.717, 1.165) is 6.07 Å². The second-order valence-corrected chi connectivity index (χ2v) is 6.23. The van der Waals surface area contributed by atoms with E-state index >= 15 is 0 Å². The van der Waals surface area contributed by atoms with Gasteiger partial charge in [0, 0.05) is 24.5 Å². The predicted molar refractivity (Wildman–Crippen MR) is 87.8 cm³/mol. The Bertz CT molecular complexity index is 631. The van der Waals surface area contributed by atoms with Crippen molar-refractivity contribution in [2.24, 2.45) is 0 Å². The molecule has 5 atom stereocenters. The second-order valence-electron chi connectivity index (χ2n) is 6.23. The first kappa shape index (κ1) is 20.4. The van der Waals surface area contributed by atoms with Crippen molar-refractivity contribution in [2.45, 2.75) is 56.9 Å². The van der Waals surface area contributed by atoms with Gasteiger partial charge in [-0.15, -0.1) is 0 Å². The number of hydrogen-bond donors (Lipinski definition) is 6. The van der Waals surface area contributed by atoms with Crippen LogP contribution in [0.2, 0.25) is 0 Å². The molecule has 1 fully saturated rings. The number of hydrogen-bond acceptors (Lipinski definition) is 9. The summed E-state index contributed by atoms with van der Waals surface area (Å²) >= 11 is 0. The molecular formula is C17H24O9. The van der Waals surface area contributed by atoms with E-state index in [4.69, 9.17) is 9.47 Å². The van der Waals surface area contributed by atoms with Crippen molar-refractivity contribution in [3.63, 3.8) is 0 Å². The van der Waals surface area contributed by atoms with Crippen LogP contribution in [0.3, 0.4) is 0 Å². The van der Waals surface area contributed by atoms with Crippen LogP contribution < -0.4 is 4.74 Å². The monoisotopic (exact) mass is 372 g/mol. The summed E-state index contributed by atoms with van der Waals surface area (Å²) in [7, 11) is 0. The maximum Gasteiger partial charge on any atom is 0.229 e. The molecule has 0 amide bonds. The summed E-state index contributed by atoms with van der Waals surface area (Å²) in [5, 5.41) is 58.6. The van der Waals surface area contributed by atoms with Crippen LogP contribution in [0, 0.1) is 0 Å². The second kappa shape index (κ2) is 8.65. The Morgan fingerprint density at radius 3 is 2.46 bits per heavy atom. The Kier molecular flexibility index (Phi) is 6.79. The summed E-state index contributed by atoms with van der Waals surface area (Å²) in [6.07, 6.45) is -6.74. The van der Waals surface area contributed by atoms with Crippen LogP contribution >= 0.6 is 0 Å². The number of ketones is 1. The highest BCUT2D eigenvalue weighted by molar-refractivity contribution is 5.82. The van der Waals surface area contributed by atoms with Crippen LogP contribution in [0.15, 0.2) is 12.1 Å². The molecule has 0 unspecified atom stereocenters. The Hall–Kier alpha value is -1.91. The molecule has 2 rings (SSSR count). The van der Waals surface area contributed by atoms with Gasteiger partial charge in [0.25, 0.3) is 0 Å². The molecule has 0 saturated carbocycles. The smallest absolute Gasteiger partial charge is 0.229 e. The molecular weight excluding hydrogens is 348 g/mol. The molecule has 9 heteroatoms. The van der Waals surface area contributed by atoms with Gasteiger partial charge < -0.3 is 40.1 Å². The number of Topliss-reactive ketones (excluding diaryl/α,β-unsaturated/α-hetero) is 1. The highest BCUT2D eigenvalue weighted by atomic mass is 16.7. The molecule has 0 spiro atoms. The molecule has 146 valence electrons. The highest BCUT2D eigenvalue weighted by Crippen LogP contribution is 2.37. The number of rotatable bonds is 7. The normalized spacial score (nSPS) is 28.7. The maximum absolute atomic E-state index is 11.9. The number of benzene rings is 1. The van der Waals surface area contributed by atoms with Gasteiger partial charge in [-0.25, -0.2) is 0 Å². The predicted octanol–water partition coefficient (Wildman–Crippen LogP) is -0.812. The van der Waals surface area contributed by atoms with Crippen LogP contribution in [-0.4, -0.2) is 73.7 Å². The van der Waals surface area contributed by atoms with Gasteiger partial charge in [0.15, 0.2) is 11.5 Å². The lowest BCUT2D eigenvalue weighted by Gasteiger charge is -2.39. The SMILES string of the molecule is CCCC(=O)Cc1cc(O)cc(O)c1O[C@@H]1O[C@H](CO)[C@@H](O)[C@H](O)[C@H]1O. The molecule has 0 aliphatic carbocycles. The van der Waals surface area contributed by atoms with Gasteiger partial charge in [-0.1, -0.05) is 6.92 Å². The molecule has 0 bridgehead atoms. The van der Waals surface area contributed by atoms with Gasteiger partial charge in [0.1, 0.15) is 35.9 Å². The van der Waals surface area contributed by atoms with Crippen LogP contribution in [0.5, 0.6) is 17.2 Å². The minimum absolute atomic E-state index is 0.122. The number of carbonyl (C=O) groups is 1. The van der Waals surface area contributed by atoms with Gasteiger partial charge in [-0.2, -0.15) is 0 Å². The molecule has 1 saturated heterocycles. The van der Waals surface area contributed by atoms with E-state index in [-0.39, 0.29) is 29.3 Å². The lowest BCUT2D eigenvalue weighted by molar-refractivity contribution is -0.277. The first-order valence-electron chi connectivity index (χ1n) is 8.32. The number of phenolic OH excluding ortho intramolecular Hbond substituents is 2. The van der Waals surface area contributed by atoms with Gasteiger partial charge in [-0.3, -0.25) is 4.79 Å². The van der Waals surface area contributed by atoms with E-state index < -0.39 is 43.1 Å². The standard InChI is InChI=1S/C17H24O9/c1-2-3-9(19)4-8-5-10(20)6-11(21)16(8)26-17-15(24)14(23)13(22)12(7-18)25-17/h5-6,12-15,17-18,20-24H,2-4,7H2,1H3/t12-,13-,14+,15-,17+/m1/s1. The van der Waals surface area contributed by atoms with Gasteiger partial charge in [0.05, 0.1) is 6.61 Å². The van der Waals surface area contributed by atoms with Crippen molar-refractivity contribution in [3.05, 3.63) is 17.7 Å². The van der Waals surface area contributed by atoms with Crippen LogP contribution in [0.25, 0.3) is 0 Å². The van der Waals surface area contributed by atoms with Gasteiger partial charge in [0.2, 0.25) is 6.29 Å². The van der Waals surface area contributed by atoms with Gasteiger partial charge >= 0.3 is 0 Å². The molecule has 9 nitrogen and oxygen atoms in total. The summed E-state index contributed by atoms with van der Waals surface area (Å²) < 4.78 is 10.7. The first-order valence-corrected chi connectivity index (χ1v) is 8.32. The zero-order chi connectivity index (χ0) is 19.4. The van der Waals surface area contributed by atoms with E-state index in [9.17, 15) is 35.4 Å². The van der Waals surface area contributed by atoms with Gasteiger partial charge in [-0.05, 0) is 12.5 Å². The molecule has 1 aliphatic heterocycles. The fraction of sp³-hybridized carbons (Fsp3) is 0.588. The minimum Gasteiger partial charge on any atom is -0.508 e. The van der Waals surface area contributed by atoms with Crippen molar-refractivity contribution in [3.8, 4) is 17.2 Å². The first-order chi connectivity index (χ1) is 12.3. The number of phenols is 2. The van der Waals surface area contributed by atoms with Crippen LogP contribution in [0.4, 0.5) is 0 Å². The Balaban J connectivity index is 2.28. The molecule has 26 heavy (non-hydrogen) atoms. The summed E-state index contributed by atoms with van der Waals surface area (Å²) in [6.45, 7) is 1.21. The van der Waals surface area contributed by atoms with Crippen molar-refractivity contribution in [1.82, 2.24) is 0 Å². The largest absolute Gasteiger partial charge is 0.508 e. The number of ether oxygens (including phenoxy) is 2. The molecule has 0 aromatic heterocycles. The Labute approximate surface area is 150 Å².